The van der Waals surface area contributed by atoms with Crippen molar-refractivity contribution in [1.29, 1.82) is 0 Å². The molecule has 21 heavy (non-hydrogen) atoms. The van der Waals surface area contributed by atoms with E-state index in [4.69, 9.17) is 10.5 Å². The van der Waals surface area contributed by atoms with Crippen LogP contribution in [-0.2, 0) is 11.3 Å². The summed E-state index contributed by atoms with van der Waals surface area (Å²) in [5.41, 5.74) is 7.80. The highest BCUT2D eigenvalue weighted by Crippen LogP contribution is 2.35. The maximum absolute atomic E-state index is 11.8. The average Bonchev–Trinajstić information content (AvgIpc) is 3.21. The topological polar surface area (TPSA) is 55.6 Å². The number of hydrogen-bond acceptors (Lipinski definition) is 5. The van der Waals surface area contributed by atoms with Crippen LogP contribution in [0, 0.1) is 0 Å². The molecule has 1 fully saturated rings. The Morgan fingerprint density at radius 3 is 2.86 bits per heavy atom. The molecule has 1 aliphatic carbocycles. The van der Waals surface area contributed by atoms with Gasteiger partial charge in [0.1, 0.15) is 0 Å². The van der Waals surface area contributed by atoms with E-state index < -0.39 is 0 Å². The summed E-state index contributed by atoms with van der Waals surface area (Å²) >= 11 is 1.75. The highest BCUT2D eigenvalue weighted by atomic mass is 32.1. The second-order valence-electron chi connectivity index (χ2n) is 5.20. The first-order valence-electron chi connectivity index (χ1n) is 6.96. The quantitative estimate of drug-likeness (QED) is 0.680. The summed E-state index contributed by atoms with van der Waals surface area (Å²) in [6.45, 7) is 0.868. The molecule has 0 saturated heterocycles. The zero-order chi connectivity index (χ0) is 14.8. The van der Waals surface area contributed by atoms with E-state index in [2.05, 4.69) is 22.4 Å². The molecule has 110 valence electrons. The van der Waals surface area contributed by atoms with Gasteiger partial charge in [-0.25, -0.2) is 4.79 Å². The van der Waals surface area contributed by atoms with Crippen molar-refractivity contribution < 1.29 is 9.53 Å². The molecule has 1 aromatic heterocycles. The molecule has 4 nitrogen and oxygen atoms in total. The lowest BCUT2D eigenvalue weighted by molar-refractivity contribution is 0.0602. The molecule has 0 atom stereocenters. The number of esters is 1. The van der Waals surface area contributed by atoms with Gasteiger partial charge in [-0.05, 0) is 42.5 Å². The molecule has 0 unspecified atom stereocenters. The van der Waals surface area contributed by atoms with E-state index in [1.807, 2.05) is 12.1 Å². The van der Waals surface area contributed by atoms with Crippen LogP contribution in [-0.4, -0.2) is 19.1 Å². The lowest BCUT2D eigenvalue weighted by Crippen LogP contribution is -2.25. The number of nitrogens with two attached hydrogens (primary N) is 1. The fourth-order valence-electron chi connectivity index (χ4n) is 2.40. The zero-order valence-electron chi connectivity index (χ0n) is 11.9. The summed E-state index contributed by atoms with van der Waals surface area (Å²) in [5, 5.41) is 2.09. The number of carbonyl (C=O) groups is 1. The second-order valence-corrected chi connectivity index (χ2v) is 6.23. The smallest absolute Gasteiger partial charge is 0.340 e. The number of thiophene rings is 1. The van der Waals surface area contributed by atoms with Crippen LogP contribution < -0.4 is 10.6 Å². The minimum Gasteiger partial charge on any atom is -0.465 e. The first kappa shape index (κ1) is 13.9. The normalized spacial score (nSPS) is 14.0. The largest absolute Gasteiger partial charge is 0.465 e. The first-order chi connectivity index (χ1) is 10.2. The van der Waals surface area contributed by atoms with Crippen molar-refractivity contribution in [1.82, 2.24) is 0 Å². The average molecular weight is 302 g/mol. The molecule has 0 spiro atoms. The van der Waals surface area contributed by atoms with Gasteiger partial charge >= 0.3 is 5.97 Å². The van der Waals surface area contributed by atoms with E-state index in [0.717, 1.165) is 12.2 Å². The lowest BCUT2D eigenvalue weighted by atomic mass is 10.1. The minimum atomic E-state index is -0.388. The van der Waals surface area contributed by atoms with Crippen molar-refractivity contribution in [3.8, 4) is 0 Å². The third kappa shape index (κ3) is 3.03. The third-order valence-corrected chi connectivity index (χ3v) is 4.53. The molecule has 1 aromatic carbocycles. The molecule has 1 saturated carbocycles. The van der Waals surface area contributed by atoms with E-state index in [9.17, 15) is 4.79 Å². The molecule has 1 heterocycles. The van der Waals surface area contributed by atoms with Crippen LogP contribution in [0.1, 0.15) is 28.1 Å². The Kier molecular flexibility index (Phi) is 3.84. The number of methoxy groups -OCH3 is 1. The van der Waals surface area contributed by atoms with Crippen molar-refractivity contribution in [3.05, 3.63) is 46.2 Å². The molecule has 5 heteroatoms. The fourth-order valence-corrected chi connectivity index (χ4v) is 3.10. The third-order valence-electron chi connectivity index (χ3n) is 3.67. The number of nitrogen functional groups attached to an aromatic ring is 1. The Morgan fingerprint density at radius 1 is 1.43 bits per heavy atom. The Hall–Kier alpha value is -2.01. The van der Waals surface area contributed by atoms with Gasteiger partial charge in [0, 0.05) is 22.3 Å². The van der Waals surface area contributed by atoms with E-state index in [1.165, 1.54) is 24.8 Å². The Balaban J connectivity index is 1.90. The van der Waals surface area contributed by atoms with Crippen LogP contribution in [0.2, 0.25) is 0 Å². The number of nitrogens with zero attached hydrogens (tertiary/aromatic N) is 1. The summed E-state index contributed by atoms with van der Waals surface area (Å²) < 4.78 is 4.80. The molecule has 0 bridgehead atoms. The molecule has 0 amide bonds. The first-order valence-corrected chi connectivity index (χ1v) is 7.84. The molecule has 0 aliphatic heterocycles. The van der Waals surface area contributed by atoms with Crippen molar-refractivity contribution in [2.45, 2.75) is 25.4 Å². The maximum Gasteiger partial charge on any atom is 0.340 e. The molecule has 1 aliphatic rings. The summed E-state index contributed by atoms with van der Waals surface area (Å²) in [6, 6.07) is 10.4. The van der Waals surface area contributed by atoms with Crippen LogP contribution in [0.5, 0.6) is 0 Å². The van der Waals surface area contributed by atoms with Crippen LogP contribution >= 0.6 is 11.3 Å². The van der Waals surface area contributed by atoms with Crippen LogP contribution in [0.3, 0.4) is 0 Å². The Bertz CT molecular complexity index is 636. The van der Waals surface area contributed by atoms with Crippen LogP contribution in [0.4, 0.5) is 11.4 Å². The molecule has 0 radical (unpaired) electrons. The summed E-state index contributed by atoms with van der Waals surface area (Å²) in [5.74, 6) is -0.388. The predicted octanol–water partition coefficient (Wildman–Crippen LogP) is 3.29. The van der Waals surface area contributed by atoms with Crippen molar-refractivity contribution in [3.63, 3.8) is 0 Å². The van der Waals surface area contributed by atoms with E-state index in [1.54, 1.807) is 17.4 Å². The van der Waals surface area contributed by atoms with Gasteiger partial charge in [0.2, 0.25) is 0 Å². The zero-order valence-corrected chi connectivity index (χ0v) is 12.7. The maximum atomic E-state index is 11.8. The highest BCUT2D eigenvalue weighted by molar-refractivity contribution is 7.09. The summed E-state index contributed by atoms with van der Waals surface area (Å²) in [4.78, 5) is 15.5. The number of hydrogen-bond donors (Lipinski definition) is 1. The Morgan fingerprint density at radius 2 is 2.24 bits per heavy atom. The fraction of sp³-hybridized carbons (Fsp3) is 0.312. The molecular formula is C16H18N2O2S. The molecule has 2 N–H and O–H groups in total. The van der Waals surface area contributed by atoms with Crippen LogP contribution in [0.15, 0.2) is 35.7 Å². The van der Waals surface area contributed by atoms with E-state index in [0.29, 0.717) is 17.3 Å². The number of ether oxygens (including phenoxy) is 1. The number of benzene rings is 1. The summed E-state index contributed by atoms with van der Waals surface area (Å²) in [6.07, 6.45) is 2.40. The molecular weight excluding hydrogens is 284 g/mol. The van der Waals surface area contributed by atoms with Crippen molar-refractivity contribution >= 4 is 28.7 Å². The standard InChI is InChI=1S/C16H18N2O2S/c1-20-16(19)14-9-12(6-7-15(14)17)18(11-4-5-11)10-13-3-2-8-21-13/h2-3,6-9,11H,4-5,10,17H2,1H3. The second kappa shape index (κ2) is 5.77. The van der Waals surface area contributed by atoms with Crippen molar-refractivity contribution in [2.75, 3.05) is 17.7 Å². The number of rotatable bonds is 5. The number of carbonyl (C=O) groups excluding carboxylic acids is 1. The predicted molar refractivity (Wildman–Crippen MR) is 85.7 cm³/mol. The van der Waals surface area contributed by atoms with Gasteiger partial charge in [-0.15, -0.1) is 11.3 Å². The Labute approximate surface area is 128 Å². The van der Waals surface area contributed by atoms with Gasteiger partial charge in [0.25, 0.3) is 0 Å². The van der Waals surface area contributed by atoms with Crippen molar-refractivity contribution in [2.24, 2.45) is 0 Å². The highest BCUT2D eigenvalue weighted by Gasteiger charge is 2.30. The number of anilines is 2. The van der Waals surface area contributed by atoms with Gasteiger partial charge < -0.3 is 15.4 Å². The van der Waals surface area contributed by atoms with Crippen LogP contribution in [0.25, 0.3) is 0 Å². The monoisotopic (exact) mass is 302 g/mol. The van der Waals surface area contributed by atoms with Gasteiger partial charge in [-0.3, -0.25) is 0 Å². The van der Waals surface area contributed by atoms with Gasteiger partial charge in [0.15, 0.2) is 0 Å². The summed E-state index contributed by atoms with van der Waals surface area (Å²) in [7, 11) is 1.37. The molecule has 2 aromatic rings. The minimum absolute atomic E-state index is 0.388. The van der Waals surface area contributed by atoms with E-state index in [-0.39, 0.29) is 5.97 Å². The lowest BCUT2D eigenvalue weighted by Gasteiger charge is -2.25. The van der Waals surface area contributed by atoms with E-state index >= 15 is 0 Å². The van der Waals surface area contributed by atoms with Gasteiger partial charge in [0.05, 0.1) is 19.2 Å². The van der Waals surface area contributed by atoms with Gasteiger partial charge in [-0.2, -0.15) is 0 Å². The van der Waals surface area contributed by atoms with Gasteiger partial charge in [-0.1, -0.05) is 6.07 Å². The molecule has 3 rings (SSSR count). The SMILES string of the molecule is COC(=O)c1cc(N(Cc2cccs2)C2CC2)ccc1N.